The summed E-state index contributed by atoms with van der Waals surface area (Å²) in [6, 6.07) is 12.4. The van der Waals surface area contributed by atoms with Crippen molar-refractivity contribution in [1.29, 1.82) is 0 Å². The van der Waals surface area contributed by atoms with E-state index < -0.39 is 129 Å². The second-order valence-corrected chi connectivity index (χ2v) is 16.4. The third-order valence-corrected chi connectivity index (χ3v) is 12.3. The van der Waals surface area contributed by atoms with Gasteiger partial charge < -0.3 is 58.7 Å². The number of hydrogen-bond donors (Lipinski definition) is 5. The van der Waals surface area contributed by atoms with Crippen molar-refractivity contribution in [3.63, 3.8) is 0 Å². The molecule has 18 unspecified atom stereocenters. The number of carbonyl (C=O) groups excluding carboxylic acids is 1. The van der Waals surface area contributed by atoms with Crippen LogP contribution < -0.4 is 0 Å². The van der Waals surface area contributed by atoms with Crippen LogP contribution in [0.15, 0.2) is 86.2 Å². The number of nitrogens with zero attached hydrogens (tertiary/aromatic N) is 16. The molecule has 29 heteroatoms. The van der Waals surface area contributed by atoms with Gasteiger partial charge in [0.25, 0.3) is 0 Å². The number of ether oxygens (including phenoxy) is 7. The average Bonchev–Trinajstić information content (AvgIpc) is 3.66. The van der Waals surface area contributed by atoms with Crippen LogP contribution in [0, 0.1) is 0 Å². The van der Waals surface area contributed by atoms with E-state index in [0.29, 0.717) is 6.42 Å². The monoisotopic (exact) mass is 964 g/mol. The highest BCUT2D eigenvalue weighted by Gasteiger charge is 2.55. The molecule has 0 spiro atoms. The lowest BCUT2D eigenvalue weighted by Crippen LogP contribution is -2.61. The van der Waals surface area contributed by atoms with E-state index in [1.165, 1.54) is 0 Å². The van der Waals surface area contributed by atoms with Crippen molar-refractivity contribution in [1.82, 2.24) is 4.90 Å². The number of aliphatic hydroxyl groups excluding tert-OH is 5. The molecule has 4 aliphatic rings. The molecule has 1 saturated carbocycles. The average molecular weight is 965 g/mol. The molecule has 2 aromatic rings. The third kappa shape index (κ3) is 12.7. The number of carbonyl (C=O) groups is 1. The maximum absolute atomic E-state index is 14.0. The molecule has 0 bridgehead atoms. The second kappa shape index (κ2) is 25.4. The fraction of sp³-hybridized carbons (Fsp3) is 0.675. The summed E-state index contributed by atoms with van der Waals surface area (Å²) >= 11 is 0. The van der Waals surface area contributed by atoms with Gasteiger partial charge in [-0.25, -0.2) is 4.79 Å². The summed E-state index contributed by atoms with van der Waals surface area (Å²) < 4.78 is 42.6. The van der Waals surface area contributed by atoms with Gasteiger partial charge in [0.2, 0.25) is 0 Å². The van der Waals surface area contributed by atoms with Gasteiger partial charge in [0.1, 0.15) is 43.2 Å². The first-order valence-electron chi connectivity index (χ1n) is 21.9. The molecule has 5 N–H and O–H groups in total. The zero-order valence-electron chi connectivity index (χ0n) is 37.0. The summed E-state index contributed by atoms with van der Waals surface area (Å²) in [6.07, 6.45) is -20.8. The molecular formula is C40H52N16O13. The smallest absolute Gasteiger partial charge is 0.410 e. The van der Waals surface area contributed by atoms with Gasteiger partial charge in [-0.05, 0) is 64.5 Å². The standard InChI is InChI=1S/C40H52N16O13/c1-2-25(56(17-20-9-5-3-6-10-20)40(62)63-19-21-11-7-4-8-12-21)26-14-13-22(47-52-42)37(64-26)67-34-24(49-54-44)15-23(48-53-43)30(58)36(34)69-39-33(61)35(28(18-57)66-39)68-38-29(50-55-45)32(60)31(59)27(65-38)16-46-51-41/h3-12,22-39,57-61H,2,13-19H2,1H3. The Labute approximate surface area is 392 Å². The molecule has 3 aliphatic heterocycles. The molecule has 370 valence electrons. The molecule has 6 rings (SSSR count). The van der Waals surface area contributed by atoms with Gasteiger partial charge in [-0.15, -0.1) is 0 Å². The SMILES string of the molecule is CCC(C1CCC(N=[N+]=[N-])C(OC2C(N=[N+]=[N-])CC(N=[N+]=[N-])C(O)C2OC2OC(CO)C(OC3OC(CN=[N+]=[N-])C(O)C(O)C3N=[N+]=[N-])C2O)O1)N(Cc1ccccc1)C(=O)OCc1ccccc1. The van der Waals surface area contributed by atoms with E-state index in [2.05, 4.69) is 50.1 Å². The first-order valence-corrected chi connectivity index (χ1v) is 21.9. The lowest BCUT2D eigenvalue weighted by Gasteiger charge is -2.46. The number of amides is 1. The summed E-state index contributed by atoms with van der Waals surface area (Å²) in [5.41, 5.74) is 48.4. The van der Waals surface area contributed by atoms with Crippen molar-refractivity contribution in [3.8, 4) is 0 Å². The van der Waals surface area contributed by atoms with Crippen LogP contribution in [0.3, 0.4) is 0 Å². The summed E-state index contributed by atoms with van der Waals surface area (Å²) in [7, 11) is 0. The van der Waals surface area contributed by atoms with Crippen LogP contribution in [-0.2, 0) is 46.3 Å². The fourth-order valence-electron chi connectivity index (χ4n) is 8.89. The highest BCUT2D eigenvalue weighted by atomic mass is 16.8. The van der Waals surface area contributed by atoms with Crippen LogP contribution in [-0.4, -0.2) is 160 Å². The number of hydrogen-bond acceptors (Lipinski definition) is 18. The van der Waals surface area contributed by atoms with Crippen LogP contribution in [0.5, 0.6) is 0 Å². The Morgan fingerprint density at radius 3 is 1.93 bits per heavy atom. The Hall–Kier alpha value is -6.18. The van der Waals surface area contributed by atoms with Crippen LogP contribution >= 0.6 is 0 Å². The second-order valence-electron chi connectivity index (χ2n) is 16.4. The molecule has 0 aromatic heterocycles. The minimum atomic E-state index is -1.89. The van der Waals surface area contributed by atoms with Crippen molar-refractivity contribution in [2.45, 2.75) is 156 Å². The van der Waals surface area contributed by atoms with E-state index >= 15 is 0 Å². The summed E-state index contributed by atoms with van der Waals surface area (Å²) in [6.45, 7) is 0.644. The minimum absolute atomic E-state index is 0.0107. The fourth-order valence-corrected chi connectivity index (χ4v) is 8.89. The third-order valence-electron chi connectivity index (χ3n) is 12.3. The number of azide groups is 5. The van der Waals surface area contributed by atoms with E-state index in [9.17, 15) is 52.5 Å². The Morgan fingerprint density at radius 1 is 0.681 bits per heavy atom. The van der Waals surface area contributed by atoms with Gasteiger partial charge in [-0.1, -0.05) is 93.2 Å². The maximum Gasteiger partial charge on any atom is 0.410 e. The highest BCUT2D eigenvalue weighted by Crippen LogP contribution is 2.38. The largest absolute Gasteiger partial charge is 0.445 e. The normalized spacial score (nSPS) is 34.5. The lowest BCUT2D eigenvalue weighted by atomic mass is 9.84. The lowest BCUT2D eigenvalue weighted by molar-refractivity contribution is -0.292. The topological polar surface area (TPSA) is 430 Å². The van der Waals surface area contributed by atoms with E-state index in [-0.39, 0.29) is 32.4 Å². The van der Waals surface area contributed by atoms with Gasteiger partial charge >= 0.3 is 6.09 Å². The van der Waals surface area contributed by atoms with Crippen molar-refractivity contribution < 1.29 is 63.5 Å². The zero-order chi connectivity index (χ0) is 49.5. The molecule has 29 nitrogen and oxygen atoms in total. The number of rotatable bonds is 20. The van der Waals surface area contributed by atoms with Crippen molar-refractivity contribution in [2.75, 3.05) is 13.2 Å². The quantitative estimate of drug-likeness (QED) is 0.0690. The molecule has 18 atom stereocenters. The predicted octanol–water partition coefficient (Wildman–Crippen LogP) is 4.58. The molecule has 4 fully saturated rings. The Bertz CT molecular complexity index is 2250. The van der Waals surface area contributed by atoms with E-state index in [0.717, 1.165) is 11.1 Å². The zero-order valence-corrected chi connectivity index (χ0v) is 37.0. The van der Waals surface area contributed by atoms with Gasteiger partial charge in [0.05, 0.1) is 67.8 Å². The van der Waals surface area contributed by atoms with E-state index in [1.807, 2.05) is 67.6 Å². The van der Waals surface area contributed by atoms with Gasteiger partial charge in [-0.2, -0.15) is 0 Å². The maximum atomic E-state index is 14.0. The van der Waals surface area contributed by atoms with Crippen LogP contribution in [0.4, 0.5) is 4.79 Å². The van der Waals surface area contributed by atoms with Crippen molar-refractivity contribution >= 4 is 6.09 Å². The molecule has 2 aromatic carbocycles. The summed E-state index contributed by atoms with van der Waals surface area (Å²) in [5.74, 6) is 0. The van der Waals surface area contributed by atoms with Crippen LogP contribution in [0.1, 0.15) is 43.7 Å². The van der Waals surface area contributed by atoms with E-state index in [1.54, 1.807) is 4.90 Å². The van der Waals surface area contributed by atoms with E-state index in [4.69, 9.17) is 38.7 Å². The molecule has 69 heavy (non-hydrogen) atoms. The van der Waals surface area contributed by atoms with Crippen molar-refractivity contribution in [3.05, 3.63) is 124 Å². The van der Waals surface area contributed by atoms with Crippen molar-refractivity contribution in [2.24, 2.45) is 25.6 Å². The molecule has 1 amide bonds. The Balaban J connectivity index is 1.28. The summed E-state index contributed by atoms with van der Waals surface area (Å²) in [5, 5.41) is 73.5. The van der Waals surface area contributed by atoms with Gasteiger partial charge in [0.15, 0.2) is 18.9 Å². The number of benzene rings is 2. The molecule has 1 aliphatic carbocycles. The molecule has 3 saturated heterocycles. The Kier molecular flexibility index (Phi) is 19.2. The summed E-state index contributed by atoms with van der Waals surface area (Å²) in [4.78, 5) is 29.6. The minimum Gasteiger partial charge on any atom is -0.445 e. The highest BCUT2D eigenvalue weighted by molar-refractivity contribution is 5.68. The first kappa shape index (κ1) is 52.2. The molecule has 3 heterocycles. The van der Waals surface area contributed by atoms with Gasteiger partial charge in [0, 0.05) is 31.1 Å². The molecule has 0 radical (unpaired) electrons. The Morgan fingerprint density at radius 2 is 1.29 bits per heavy atom. The van der Waals surface area contributed by atoms with Gasteiger partial charge in [-0.3, -0.25) is 4.90 Å². The van der Waals surface area contributed by atoms with Crippen LogP contribution in [0.2, 0.25) is 0 Å². The molecular weight excluding hydrogens is 913 g/mol. The predicted molar refractivity (Wildman–Crippen MR) is 234 cm³/mol. The number of aliphatic hydroxyl groups is 5. The van der Waals surface area contributed by atoms with Crippen LogP contribution in [0.25, 0.3) is 52.2 Å². The first-order chi connectivity index (χ1) is 33.5.